The fourth-order valence-electron chi connectivity index (χ4n) is 3.00. The van der Waals surface area contributed by atoms with Gasteiger partial charge in [-0.25, -0.2) is 17.6 Å². The number of rotatable bonds is 10. The third-order valence-electron chi connectivity index (χ3n) is 4.83. The smallest absolute Gasteiger partial charge is 0.279 e. The summed E-state index contributed by atoms with van der Waals surface area (Å²) >= 11 is 0. The Morgan fingerprint density at radius 1 is 0.914 bits per heavy atom. The number of benzene rings is 2. The average Bonchev–Trinajstić information content (AvgIpc) is 2.87. The van der Waals surface area contributed by atoms with Gasteiger partial charge in [0.15, 0.2) is 0 Å². The summed E-state index contributed by atoms with van der Waals surface area (Å²) in [5, 5.41) is 0. The summed E-state index contributed by atoms with van der Waals surface area (Å²) in [5.41, 5.74) is 6.81. The Bertz CT molecular complexity index is 1160. The molecule has 3 aromatic rings. The van der Waals surface area contributed by atoms with Crippen LogP contribution in [0.25, 0.3) is 11.4 Å². The first-order valence-corrected chi connectivity index (χ1v) is 10.9. The summed E-state index contributed by atoms with van der Waals surface area (Å²) < 4.78 is 54.0. The maximum absolute atomic E-state index is 15.0. The van der Waals surface area contributed by atoms with Crippen LogP contribution in [0.15, 0.2) is 92.4 Å². The quantitative estimate of drug-likeness (QED) is 0.242. The van der Waals surface area contributed by atoms with E-state index in [2.05, 4.69) is 35.6 Å². The zero-order valence-corrected chi connectivity index (χ0v) is 19.7. The number of hydrazine groups is 1. The SMILES string of the molecule is C=C(NNC(=C)C(F)F)c1ccc(CN(C(=C)c2ccncc2)c2cccc(F)c2)c(F)c1.CC. The fourth-order valence-corrected chi connectivity index (χ4v) is 3.00. The second kappa shape index (κ2) is 13.0. The molecule has 0 saturated carbocycles. The van der Waals surface area contributed by atoms with Crippen LogP contribution in [-0.2, 0) is 6.54 Å². The van der Waals surface area contributed by atoms with Gasteiger partial charge < -0.3 is 10.3 Å². The molecular formula is C27H28F4N4. The average molecular weight is 485 g/mol. The number of pyridine rings is 1. The van der Waals surface area contributed by atoms with Gasteiger partial charge in [-0.1, -0.05) is 51.8 Å². The minimum absolute atomic E-state index is 0.0665. The van der Waals surface area contributed by atoms with Gasteiger partial charge in [0, 0.05) is 40.5 Å². The van der Waals surface area contributed by atoms with E-state index in [1.165, 1.54) is 18.2 Å². The lowest BCUT2D eigenvalue weighted by Crippen LogP contribution is -2.31. The topological polar surface area (TPSA) is 40.2 Å². The van der Waals surface area contributed by atoms with Crippen molar-refractivity contribution in [3.63, 3.8) is 0 Å². The fraction of sp³-hybridized carbons (Fsp3) is 0.148. The molecule has 0 unspecified atom stereocenters. The van der Waals surface area contributed by atoms with E-state index in [9.17, 15) is 17.6 Å². The number of alkyl halides is 2. The molecule has 2 aromatic carbocycles. The van der Waals surface area contributed by atoms with Crippen LogP contribution in [0.5, 0.6) is 0 Å². The minimum atomic E-state index is -2.76. The zero-order chi connectivity index (χ0) is 26.0. The number of allylic oxidation sites excluding steroid dienone is 1. The van der Waals surface area contributed by atoms with Crippen LogP contribution in [0.3, 0.4) is 0 Å². The Kier molecular flexibility index (Phi) is 10.1. The van der Waals surface area contributed by atoms with Crippen molar-refractivity contribution in [2.75, 3.05) is 4.90 Å². The summed E-state index contributed by atoms with van der Waals surface area (Å²) in [6.45, 7) is 15.1. The summed E-state index contributed by atoms with van der Waals surface area (Å²) in [5.74, 6) is -0.983. The van der Waals surface area contributed by atoms with Crippen molar-refractivity contribution in [3.8, 4) is 0 Å². The van der Waals surface area contributed by atoms with Crippen molar-refractivity contribution in [1.82, 2.24) is 15.8 Å². The lowest BCUT2D eigenvalue weighted by Gasteiger charge is -2.27. The Balaban J connectivity index is 0.00000210. The van der Waals surface area contributed by atoms with Gasteiger partial charge in [-0.15, -0.1) is 0 Å². The van der Waals surface area contributed by atoms with E-state index in [0.717, 1.165) is 5.56 Å². The highest BCUT2D eigenvalue weighted by Gasteiger charge is 2.17. The van der Waals surface area contributed by atoms with Crippen LogP contribution in [0.1, 0.15) is 30.5 Å². The molecule has 0 spiro atoms. The molecule has 0 radical (unpaired) electrons. The Labute approximate surface area is 203 Å². The molecule has 3 rings (SSSR count). The van der Waals surface area contributed by atoms with Crippen molar-refractivity contribution in [2.24, 2.45) is 0 Å². The number of anilines is 1. The van der Waals surface area contributed by atoms with E-state index >= 15 is 0 Å². The van der Waals surface area contributed by atoms with Crippen molar-refractivity contribution in [2.45, 2.75) is 26.8 Å². The van der Waals surface area contributed by atoms with Crippen LogP contribution in [-0.4, -0.2) is 11.4 Å². The van der Waals surface area contributed by atoms with E-state index < -0.39 is 23.8 Å². The van der Waals surface area contributed by atoms with Gasteiger partial charge in [0.1, 0.15) is 11.6 Å². The Morgan fingerprint density at radius 3 is 2.20 bits per heavy atom. The minimum Gasteiger partial charge on any atom is -0.337 e. The molecule has 184 valence electrons. The monoisotopic (exact) mass is 484 g/mol. The van der Waals surface area contributed by atoms with E-state index in [1.807, 2.05) is 13.8 Å². The molecule has 0 aliphatic rings. The number of nitrogens with zero attached hydrogens (tertiary/aromatic N) is 2. The van der Waals surface area contributed by atoms with Crippen LogP contribution in [0.2, 0.25) is 0 Å². The standard InChI is InChI=1S/C25H22F4N4.C2H6/c1-16(31-32-17(2)25(28)29)20-7-8-21(24(27)13-20)15-33(23-6-4-5-22(26)14-23)18(3)19-9-11-30-12-10-19;1-2/h4-14,25,31-32H,1-3,15H2;1-2H3. The van der Waals surface area contributed by atoms with Crippen molar-refractivity contribution >= 4 is 17.1 Å². The molecular weight excluding hydrogens is 456 g/mol. The second-order valence-electron chi connectivity index (χ2n) is 7.11. The van der Waals surface area contributed by atoms with E-state index in [1.54, 1.807) is 53.7 Å². The first kappa shape index (κ1) is 27.2. The van der Waals surface area contributed by atoms with Crippen LogP contribution >= 0.6 is 0 Å². The highest BCUT2D eigenvalue weighted by molar-refractivity contribution is 5.77. The number of nitrogens with one attached hydrogen (secondary N) is 2. The molecule has 0 aliphatic heterocycles. The predicted octanol–water partition coefficient (Wildman–Crippen LogP) is 6.91. The summed E-state index contributed by atoms with van der Waals surface area (Å²) in [6, 6.07) is 13.8. The third kappa shape index (κ3) is 7.46. The molecule has 0 saturated heterocycles. The Hall–Kier alpha value is -4.07. The molecule has 1 aromatic heterocycles. The van der Waals surface area contributed by atoms with Crippen molar-refractivity contribution in [3.05, 3.63) is 121 Å². The molecule has 1 heterocycles. The van der Waals surface area contributed by atoms with Gasteiger partial charge in [-0.3, -0.25) is 10.4 Å². The van der Waals surface area contributed by atoms with E-state index in [-0.39, 0.29) is 12.2 Å². The summed E-state index contributed by atoms with van der Waals surface area (Å²) in [7, 11) is 0. The zero-order valence-electron chi connectivity index (χ0n) is 19.7. The number of aromatic nitrogens is 1. The molecule has 0 aliphatic carbocycles. The molecule has 0 bridgehead atoms. The highest BCUT2D eigenvalue weighted by Crippen LogP contribution is 2.29. The van der Waals surface area contributed by atoms with Gasteiger partial charge in [-0.2, -0.15) is 0 Å². The largest absolute Gasteiger partial charge is 0.337 e. The van der Waals surface area contributed by atoms with E-state index in [4.69, 9.17) is 0 Å². The molecule has 0 amide bonds. The van der Waals surface area contributed by atoms with Gasteiger partial charge >= 0.3 is 0 Å². The van der Waals surface area contributed by atoms with Gasteiger partial charge in [0.25, 0.3) is 6.43 Å². The highest BCUT2D eigenvalue weighted by atomic mass is 19.3. The lowest BCUT2D eigenvalue weighted by atomic mass is 10.1. The number of halogens is 4. The van der Waals surface area contributed by atoms with Crippen molar-refractivity contribution < 1.29 is 17.6 Å². The van der Waals surface area contributed by atoms with Gasteiger partial charge in [0.05, 0.1) is 17.9 Å². The normalized spacial score (nSPS) is 10.1. The predicted molar refractivity (Wildman–Crippen MR) is 134 cm³/mol. The lowest BCUT2D eigenvalue weighted by molar-refractivity contribution is 0.179. The van der Waals surface area contributed by atoms with E-state index in [0.29, 0.717) is 22.5 Å². The molecule has 0 atom stereocenters. The van der Waals surface area contributed by atoms with Gasteiger partial charge in [-0.05, 0) is 36.4 Å². The summed E-state index contributed by atoms with van der Waals surface area (Å²) in [4.78, 5) is 5.68. The maximum atomic E-state index is 15.0. The number of hydrogen-bond donors (Lipinski definition) is 2. The second-order valence-corrected chi connectivity index (χ2v) is 7.11. The van der Waals surface area contributed by atoms with Gasteiger partial charge in [0.2, 0.25) is 0 Å². The van der Waals surface area contributed by atoms with Crippen LogP contribution in [0, 0.1) is 11.6 Å². The Morgan fingerprint density at radius 2 is 1.60 bits per heavy atom. The first-order valence-electron chi connectivity index (χ1n) is 10.9. The molecule has 0 fully saturated rings. The first-order chi connectivity index (χ1) is 16.8. The maximum Gasteiger partial charge on any atom is 0.279 e. The molecule has 8 heteroatoms. The van der Waals surface area contributed by atoms with Crippen LogP contribution < -0.4 is 15.8 Å². The molecule has 35 heavy (non-hydrogen) atoms. The molecule has 2 N–H and O–H groups in total. The van der Waals surface area contributed by atoms with Crippen LogP contribution in [0.4, 0.5) is 23.2 Å². The third-order valence-corrected chi connectivity index (χ3v) is 4.83. The summed E-state index contributed by atoms with van der Waals surface area (Å²) in [6.07, 6.45) is 0.455. The molecule has 4 nitrogen and oxygen atoms in total. The van der Waals surface area contributed by atoms with Crippen molar-refractivity contribution in [1.29, 1.82) is 0 Å². The number of hydrogen-bond acceptors (Lipinski definition) is 4.